The van der Waals surface area contributed by atoms with Gasteiger partial charge in [-0.15, -0.1) is 11.3 Å². The third kappa shape index (κ3) is 5.52. The lowest BCUT2D eigenvalue weighted by Crippen LogP contribution is -2.28. The van der Waals surface area contributed by atoms with Crippen molar-refractivity contribution < 1.29 is 14.3 Å². The van der Waals surface area contributed by atoms with E-state index in [0.29, 0.717) is 21.5 Å². The number of hydrogen-bond acceptors (Lipinski definition) is 6. The molecule has 2 aromatic carbocycles. The summed E-state index contributed by atoms with van der Waals surface area (Å²) in [4.78, 5) is 44.5. The fraction of sp³-hybridized carbons (Fsp3) is 0.231. The highest BCUT2D eigenvalue weighted by molar-refractivity contribution is 9.10. The number of benzene rings is 2. The van der Waals surface area contributed by atoms with E-state index in [2.05, 4.69) is 26.2 Å². The Bertz CT molecular complexity index is 1460. The summed E-state index contributed by atoms with van der Waals surface area (Å²) < 4.78 is 7.47. The molecule has 0 atom stereocenters. The van der Waals surface area contributed by atoms with Gasteiger partial charge >= 0.3 is 5.97 Å². The third-order valence-corrected chi connectivity index (χ3v) is 7.02. The van der Waals surface area contributed by atoms with Gasteiger partial charge < -0.3 is 10.1 Å². The van der Waals surface area contributed by atoms with Crippen molar-refractivity contribution in [2.75, 3.05) is 5.32 Å². The number of nitrogens with one attached hydrogen (secondary N) is 1. The summed E-state index contributed by atoms with van der Waals surface area (Å²) >= 11 is 4.95. The van der Waals surface area contributed by atoms with Crippen molar-refractivity contribution in [3.8, 4) is 11.1 Å². The molecule has 0 unspecified atom stereocenters. The zero-order chi connectivity index (χ0) is 25.1. The molecule has 0 radical (unpaired) electrons. The maximum Gasteiger partial charge on any atom is 0.338 e. The van der Waals surface area contributed by atoms with E-state index in [0.717, 1.165) is 26.9 Å². The van der Waals surface area contributed by atoms with Gasteiger partial charge in [0.1, 0.15) is 11.4 Å². The molecular weight excluding hydrogens is 530 g/mol. The van der Waals surface area contributed by atoms with Crippen LogP contribution in [0.2, 0.25) is 0 Å². The fourth-order valence-electron chi connectivity index (χ4n) is 3.72. The summed E-state index contributed by atoms with van der Waals surface area (Å²) in [5.41, 5.74) is 2.30. The Labute approximate surface area is 214 Å². The van der Waals surface area contributed by atoms with Crippen LogP contribution in [0.5, 0.6) is 0 Å². The maximum absolute atomic E-state index is 13.4. The van der Waals surface area contributed by atoms with Gasteiger partial charge in [0.2, 0.25) is 5.91 Å². The topological polar surface area (TPSA) is 90.3 Å². The molecule has 0 spiro atoms. The lowest BCUT2D eigenvalue weighted by molar-refractivity contribution is -0.116. The number of thiophene rings is 1. The average molecular weight is 554 g/mol. The Hall–Kier alpha value is -3.30. The monoisotopic (exact) mass is 553 g/mol. The average Bonchev–Trinajstić information content (AvgIpc) is 3.20. The fourth-order valence-corrected chi connectivity index (χ4v) is 5.07. The van der Waals surface area contributed by atoms with Crippen LogP contribution in [0.3, 0.4) is 0 Å². The number of carbonyl (C=O) groups excluding carboxylic acids is 2. The Morgan fingerprint density at radius 2 is 1.91 bits per heavy atom. The van der Waals surface area contributed by atoms with E-state index in [4.69, 9.17) is 4.74 Å². The SMILES string of the molecule is CCc1sc2ncn(CC(=O)Nc3cccc(C(=O)OC(C)C)c3)c(=O)c2c1-c1ccc(Br)cc1. The second kappa shape index (κ2) is 10.5. The van der Waals surface area contributed by atoms with Gasteiger partial charge in [0.25, 0.3) is 5.56 Å². The second-order valence-electron chi connectivity index (χ2n) is 8.20. The molecule has 4 aromatic rings. The van der Waals surface area contributed by atoms with Crippen LogP contribution in [-0.2, 0) is 22.5 Å². The number of halogens is 1. The minimum absolute atomic E-state index is 0.209. The second-order valence-corrected chi connectivity index (χ2v) is 10.2. The van der Waals surface area contributed by atoms with E-state index < -0.39 is 11.9 Å². The molecule has 0 saturated carbocycles. The summed E-state index contributed by atoms with van der Waals surface area (Å²) in [5.74, 6) is -0.870. The van der Waals surface area contributed by atoms with E-state index in [1.165, 1.54) is 22.2 Å². The molecule has 0 aliphatic heterocycles. The molecule has 0 fully saturated rings. The summed E-state index contributed by atoms with van der Waals surface area (Å²) in [7, 11) is 0. The highest BCUT2D eigenvalue weighted by Crippen LogP contribution is 2.36. The molecule has 1 N–H and O–H groups in total. The normalized spacial score (nSPS) is 11.1. The minimum atomic E-state index is -0.466. The van der Waals surface area contributed by atoms with E-state index in [1.54, 1.807) is 38.1 Å². The Morgan fingerprint density at radius 3 is 2.60 bits per heavy atom. The van der Waals surface area contributed by atoms with Crippen molar-refractivity contribution in [3.05, 3.63) is 80.1 Å². The standard InChI is InChI=1S/C26H24BrN3O4S/c1-4-20-22(16-8-10-18(27)11-9-16)23-24(35-20)28-14-30(25(23)32)13-21(31)29-19-7-5-6-17(12-19)26(33)34-15(2)3/h5-12,14-15H,4,13H2,1-3H3,(H,29,31). The van der Waals surface area contributed by atoms with Gasteiger partial charge in [0, 0.05) is 20.6 Å². The van der Waals surface area contributed by atoms with Gasteiger partial charge in [-0.2, -0.15) is 0 Å². The lowest BCUT2D eigenvalue weighted by atomic mass is 10.0. The number of carbonyl (C=O) groups is 2. The molecular formula is C26H24BrN3O4S. The minimum Gasteiger partial charge on any atom is -0.459 e. The number of rotatable bonds is 7. The molecule has 0 bridgehead atoms. The molecule has 0 aliphatic rings. The van der Waals surface area contributed by atoms with Crippen LogP contribution in [-0.4, -0.2) is 27.5 Å². The van der Waals surface area contributed by atoms with E-state index in [9.17, 15) is 14.4 Å². The van der Waals surface area contributed by atoms with Crippen LogP contribution in [0.25, 0.3) is 21.3 Å². The number of hydrogen-bond donors (Lipinski definition) is 1. The molecule has 35 heavy (non-hydrogen) atoms. The summed E-state index contributed by atoms with van der Waals surface area (Å²) in [6.07, 6.45) is 1.92. The van der Waals surface area contributed by atoms with Crippen LogP contribution in [0, 0.1) is 0 Å². The number of esters is 1. The van der Waals surface area contributed by atoms with Crippen molar-refractivity contribution in [2.24, 2.45) is 0 Å². The molecule has 180 valence electrons. The van der Waals surface area contributed by atoms with Crippen LogP contribution in [0.15, 0.2) is 64.1 Å². The van der Waals surface area contributed by atoms with Gasteiger partial charge in [-0.3, -0.25) is 14.2 Å². The Morgan fingerprint density at radius 1 is 1.17 bits per heavy atom. The Kier molecular flexibility index (Phi) is 7.47. The van der Waals surface area contributed by atoms with Gasteiger partial charge in [-0.25, -0.2) is 9.78 Å². The lowest BCUT2D eigenvalue weighted by Gasteiger charge is -2.10. The number of aromatic nitrogens is 2. The summed E-state index contributed by atoms with van der Waals surface area (Å²) in [5, 5.41) is 3.26. The molecule has 1 amide bonds. The van der Waals surface area contributed by atoms with Crippen molar-refractivity contribution in [1.29, 1.82) is 0 Å². The van der Waals surface area contributed by atoms with E-state index in [1.807, 2.05) is 31.2 Å². The smallest absolute Gasteiger partial charge is 0.338 e. The van der Waals surface area contributed by atoms with E-state index >= 15 is 0 Å². The first kappa shape index (κ1) is 24.8. The van der Waals surface area contributed by atoms with Crippen molar-refractivity contribution in [2.45, 2.75) is 39.8 Å². The number of aryl methyl sites for hydroxylation is 1. The first-order chi connectivity index (χ1) is 16.8. The number of anilines is 1. The van der Waals surface area contributed by atoms with Crippen LogP contribution in [0.4, 0.5) is 5.69 Å². The summed E-state index contributed by atoms with van der Waals surface area (Å²) in [6, 6.07) is 14.3. The summed E-state index contributed by atoms with van der Waals surface area (Å²) in [6.45, 7) is 5.38. The van der Waals surface area contributed by atoms with E-state index in [-0.39, 0.29) is 18.2 Å². The molecule has 0 aliphatic carbocycles. The molecule has 2 heterocycles. The first-order valence-electron chi connectivity index (χ1n) is 11.1. The number of nitrogens with zero attached hydrogens (tertiary/aromatic N) is 2. The quantitative estimate of drug-likeness (QED) is 0.298. The highest BCUT2D eigenvalue weighted by atomic mass is 79.9. The molecule has 9 heteroatoms. The predicted molar refractivity (Wildman–Crippen MR) is 142 cm³/mol. The largest absolute Gasteiger partial charge is 0.459 e. The van der Waals surface area contributed by atoms with Gasteiger partial charge in [0.05, 0.1) is 23.4 Å². The maximum atomic E-state index is 13.4. The van der Waals surface area contributed by atoms with Crippen molar-refractivity contribution in [1.82, 2.24) is 9.55 Å². The van der Waals surface area contributed by atoms with Gasteiger partial charge in [0.15, 0.2) is 0 Å². The molecule has 4 rings (SSSR count). The molecule has 7 nitrogen and oxygen atoms in total. The number of amides is 1. The Balaban J connectivity index is 1.62. The van der Waals surface area contributed by atoms with Crippen molar-refractivity contribution >= 4 is 55.0 Å². The van der Waals surface area contributed by atoms with Crippen LogP contribution >= 0.6 is 27.3 Å². The number of fused-ring (bicyclic) bond motifs is 1. The zero-order valence-corrected chi connectivity index (χ0v) is 21.9. The van der Waals surface area contributed by atoms with Crippen LogP contribution < -0.4 is 10.9 Å². The first-order valence-corrected chi connectivity index (χ1v) is 12.8. The number of ether oxygens (including phenoxy) is 1. The van der Waals surface area contributed by atoms with Gasteiger partial charge in [-0.05, 0) is 56.2 Å². The third-order valence-electron chi connectivity index (χ3n) is 5.24. The van der Waals surface area contributed by atoms with Crippen molar-refractivity contribution in [3.63, 3.8) is 0 Å². The predicted octanol–water partition coefficient (Wildman–Crippen LogP) is 5.65. The molecule has 2 aromatic heterocycles. The van der Waals surface area contributed by atoms with Crippen LogP contribution in [0.1, 0.15) is 36.0 Å². The highest BCUT2D eigenvalue weighted by Gasteiger charge is 2.19. The molecule has 0 saturated heterocycles. The zero-order valence-electron chi connectivity index (χ0n) is 19.5. The van der Waals surface area contributed by atoms with Gasteiger partial charge in [-0.1, -0.05) is 41.1 Å².